The van der Waals surface area contributed by atoms with Crippen LogP contribution in [0, 0.1) is 0 Å². The van der Waals surface area contributed by atoms with Crippen LogP contribution in [0.5, 0.6) is 0 Å². The highest BCUT2D eigenvalue weighted by Gasteiger charge is 2.38. The van der Waals surface area contributed by atoms with Gasteiger partial charge in [-0.3, -0.25) is 0 Å². The van der Waals surface area contributed by atoms with Gasteiger partial charge < -0.3 is 34.2 Å². The van der Waals surface area contributed by atoms with Gasteiger partial charge in [0.25, 0.3) is 0 Å². The normalized spacial score (nSPS) is 26.1. The van der Waals surface area contributed by atoms with Crippen LogP contribution in [0.15, 0.2) is 30.5 Å². The van der Waals surface area contributed by atoms with Crippen molar-refractivity contribution in [3.8, 4) is 0 Å². The number of aliphatic hydroxyl groups excluding tert-OH is 1. The third-order valence-electron chi connectivity index (χ3n) is 4.85. The third-order valence-corrected chi connectivity index (χ3v) is 4.85. The number of carboxylic acids is 1. The summed E-state index contributed by atoms with van der Waals surface area (Å²) in [7, 11) is 0. The monoisotopic (exact) mass is 390 g/mol. The van der Waals surface area contributed by atoms with Gasteiger partial charge in [0.2, 0.25) is 0 Å². The molecular formula is C20H24NO7-. The lowest BCUT2D eigenvalue weighted by molar-refractivity contribution is -0.307. The second kappa shape index (κ2) is 8.72. The highest BCUT2D eigenvalue weighted by molar-refractivity contribution is 6.04. The Hall–Kier alpha value is -2.42. The molecule has 8 heteroatoms. The van der Waals surface area contributed by atoms with E-state index in [4.69, 9.17) is 14.2 Å². The highest BCUT2D eigenvalue weighted by atomic mass is 16.7. The van der Waals surface area contributed by atoms with E-state index in [9.17, 15) is 19.8 Å². The summed E-state index contributed by atoms with van der Waals surface area (Å²) in [4.78, 5) is 26.1. The quantitative estimate of drug-likeness (QED) is 0.680. The number of carbonyl (C=O) groups is 2. The molecule has 0 aliphatic carbocycles. The second-order valence-electron chi connectivity index (χ2n) is 7.06. The van der Waals surface area contributed by atoms with Crippen molar-refractivity contribution in [2.24, 2.45) is 0 Å². The molecule has 28 heavy (non-hydrogen) atoms. The van der Waals surface area contributed by atoms with Crippen LogP contribution in [-0.2, 0) is 19.0 Å². The number of nitrogens with one attached hydrogen (secondary N) is 1. The van der Waals surface area contributed by atoms with Gasteiger partial charge in [0.15, 0.2) is 6.29 Å². The smallest absolute Gasteiger partial charge is 0.340 e. The first-order chi connectivity index (χ1) is 13.3. The molecule has 8 nitrogen and oxygen atoms in total. The van der Waals surface area contributed by atoms with Gasteiger partial charge in [-0.15, -0.1) is 0 Å². The number of carbonyl (C=O) groups excluding carboxylic acids is 2. The van der Waals surface area contributed by atoms with E-state index in [1.807, 2.05) is 24.3 Å². The molecule has 1 saturated heterocycles. The Kier molecular flexibility index (Phi) is 6.33. The molecule has 0 saturated carbocycles. The van der Waals surface area contributed by atoms with E-state index in [2.05, 4.69) is 4.98 Å². The van der Waals surface area contributed by atoms with Crippen molar-refractivity contribution in [1.29, 1.82) is 0 Å². The maximum atomic E-state index is 12.6. The Morgan fingerprint density at radius 2 is 2.14 bits per heavy atom. The molecule has 5 atom stereocenters. The number of hydrogen-bond acceptors (Lipinski definition) is 7. The van der Waals surface area contributed by atoms with Crippen LogP contribution in [0.4, 0.5) is 0 Å². The number of aliphatic hydroxyl groups is 1. The van der Waals surface area contributed by atoms with Gasteiger partial charge in [-0.2, -0.15) is 0 Å². The summed E-state index contributed by atoms with van der Waals surface area (Å²) in [6, 6.07) is 7.41. The maximum Gasteiger partial charge on any atom is 0.340 e. The van der Waals surface area contributed by atoms with Crippen LogP contribution in [0.3, 0.4) is 0 Å². The molecule has 0 spiro atoms. The number of aromatic amines is 1. The van der Waals surface area contributed by atoms with Crippen molar-refractivity contribution in [3.05, 3.63) is 36.0 Å². The second-order valence-corrected chi connectivity index (χ2v) is 7.06. The van der Waals surface area contributed by atoms with E-state index in [-0.39, 0.29) is 19.3 Å². The van der Waals surface area contributed by atoms with Crippen molar-refractivity contribution in [3.63, 3.8) is 0 Å². The number of benzene rings is 1. The van der Waals surface area contributed by atoms with Gasteiger partial charge in [-0.1, -0.05) is 18.2 Å². The molecule has 2 aromatic rings. The molecule has 1 aromatic carbocycles. The number of H-pyrrole nitrogens is 1. The van der Waals surface area contributed by atoms with Gasteiger partial charge in [-0.25, -0.2) is 4.79 Å². The fourth-order valence-electron chi connectivity index (χ4n) is 3.26. The number of aliphatic carboxylic acids is 1. The van der Waals surface area contributed by atoms with Crippen molar-refractivity contribution >= 4 is 22.8 Å². The lowest BCUT2D eigenvalue weighted by Crippen LogP contribution is -2.49. The summed E-state index contributed by atoms with van der Waals surface area (Å²) in [5.74, 6) is -1.65. The zero-order chi connectivity index (χ0) is 20.3. The Labute approximate surface area is 162 Å². The maximum absolute atomic E-state index is 12.6. The van der Waals surface area contributed by atoms with Gasteiger partial charge in [0.1, 0.15) is 12.2 Å². The van der Waals surface area contributed by atoms with Gasteiger partial charge in [0.05, 0.1) is 17.8 Å². The first-order valence-electron chi connectivity index (χ1n) is 9.31. The van der Waals surface area contributed by atoms with Crippen molar-refractivity contribution in [2.45, 2.75) is 63.8 Å². The standard InChI is InChI=1S/C20H25NO7/c1-11(7-8-18(23)24)26-20-16(22)9-17(12(2)27-20)28-19(25)14-10-21-15-6-4-3-5-13(14)15/h3-6,10-12,16-17,20-22H,7-9H2,1-2H3,(H,23,24)/p-1/t11-,12+,16-,17-,20-/m1/s1. The number of hydrogen-bond donors (Lipinski definition) is 2. The SMILES string of the molecule is C[C@H](CCC(=O)[O-])O[C@@H]1O[C@@H](C)[C@H](OC(=O)c2c[nH]c3ccccc23)C[C@H]1O. The number of esters is 1. The summed E-state index contributed by atoms with van der Waals surface area (Å²) in [5, 5.41) is 21.6. The predicted molar refractivity (Wildman–Crippen MR) is 97.2 cm³/mol. The largest absolute Gasteiger partial charge is 0.550 e. The zero-order valence-electron chi connectivity index (χ0n) is 15.8. The topological polar surface area (TPSA) is 121 Å². The first-order valence-corrected chi connectivity index (χ1v) is 9.31. The Morgan fingerprint density at radius 1 is 1.39 bits per heavy atom. The number of fused-ring (bicyclic) bond motifs is 1. The molecule has 1 fully saturated rings. The minimum absolute atomic E-state index is 0.135. The van der Waals surface area contributed by atoms with E-state index >= 15 is 0 Å². The average molecular weight is 390 g/mol. The predicted octanol–water partition coefficient (Wildman–Crippen LogP) is 1.12. The van der Waals surface area contributed by atoms with Crippen molar-refractivity contribution < 1.29 is 34.0 Å². The molecule has 1 aromatic heterocycles. The van der Waals surface area contributed by atoms with Crippen LogP contribution in [-0.4, -0.2) is 52.7 Å². The molecule has 0 bridgehead atoms. The Bertz CT molecular complexity index is 833. The van der Waals surface area contributed by atoms with Crippen LogP contribution in [0.1, 0.15) is 43.5 Å². The van der Waals surface area contributed by atoms with Gasteiger partial charge >= 0.3 is 5.97 Å². The minimum Gasteiger partial charge on any atom is -0.550 e. The molecule has 2 heterocycles. The number of rotatable bonds is 7. The average Bonchev–Trinajstić information content (AvgIpc) is 3.08. The summed E-state index contributed by atoms with van der Waals surface area (Å²) >= 11 is 0. The zero-order valence-corrected chi connectivity index (χ0v) is 15.8. The van der Waals surface area contributed by atoms with E-state index in [0.717, 1.165) is 10.9 Å². The van der Waals surface area contributed by atoms with Crippen LogP contribution in [0.25, 0.3) is 10.9 Å². The van der Waals surface area contributed by atoms with Crippen LogP contribution < -0.4 is 5.11 Å². The lowest BCUT2D eigenvalue weighted by atomic mass is 10.0. The number of para-hydroxylation sites is 1. The molecule has 0 amide bonds. The summed E-state index contributed by atoms with van der Waals surface area (Å²) in [6.07, 6.45) is -1.57. The van der Waals surface area contributed by atoms with Crippen LogP contribution in [0.2, 0.25) is 0 Å². The Morgan fingerprint density at radius 3 is 2.89 bits per heavy atom. The summed E-state index contributed by atoms with van der Waals surface area (Å²) in [5.41, 5.74) is 1.26. The summed E-state index contributed by atoms with van der Waals surface area (Å²) < 4.78 is 16.8. The van der Waals surface area contributed by atoms with Gasteiger partial charge in [0, 0.05) is 29.5 Å². The van der Waals surface area contributed by atoms with E-state index < -0.39 is 42.6 Å². The third kappa shape index (κ3) is 4.70. The number of carboxylic acid groups (broad SMARTS) is 1. The fourth-order valence-corrected chi connectivity index (χ4v) is 3.26. The van der Waals surface area contributed by atoms with E-state index in [0.29, 0.717) is 5.56 Å². The molecule has 0 unspecified atom stereocenters. The molecule has 0 radical (unpaired) electrons. The van der Waals surface area contributed by atoms with E-state index in [1.54, 1.807) is 20.0 Å². The van der Waals surface area contributed by atoms with Crippen molar-refractivity contribution in [2.75, 3.05) is 0 Å². The number of ether oxygens (including phenoxy) is 3. The molecule has 3 rings (SSSR count). The van der Waals surface area contributed by atoms with Gasteiger partial charge in [-0.05, 0) is 32.8 Å². The lowest BCUT2D eigenvalue weighted by Gasteiger charge is -2.38. The summed E-state index contributed by atoms with van der Waals surface area (Å²) in [6.45, 7) is 3.44. The fraction of sp³-hybridized carbons (Fsp3) is 0.500. The Balaban J connectivity index is 1.58. The molecular weight excluding hydrogens is 366 g/mol. The first kappa shape index (κ1) is 20.3. The molecule has 2 N–H and O–H groups in total. The highest BCUT2D eigenvalue weighted by Crippen LogP contribution is 2.27. The van der Waals surface area contributed by atoms with Crippen molar-refractivity contribution in [1.82, 2.24) is 4.98 Å². The molecule has 152 valence electrons. The minimum atomic E-state index is -1.15. The van der Waals surface area contributed by atoms with Crippen LogP contribution >= 0.6 is 0 Å². The van der Waals surface area contributed by atoms with E-state index in [1.165, 1.54) is 0 Å². The number of aromatic nitrogens is 1. The molecule has 1 aliphatic heterocycles. The molecule has 1 aliphatic rings.